The molecule has 0 fully saturated rings. The molecule has 0 saturated heterocycles. The van der Waals surface area contributed by atoms with Crippen LogP contribution in [-0.4, -0.2) is 59.1 Å². The molecule has 0 aromatic carbocycles. The van der Waals surface area contributed by atoms with Gasteiger partial charge in [0.25, 0.3) is 0 Å². The minimum atomic E-state index is -4.18. The highest BCUT2D eigenvalue weighted by atomic mass is 32.2. The van der Waals surface area contributed by atoms with Gasteiger partial charge in [0.15, 0.2) is 8.68 Å². The van der Waals surface area contributed by atoms with Crippen LogP contribution in [0.4, 0.5) is 0 Å². The summed E-state index contributed by atoms with van der Waals surface area (Å²) in [5.74, 6) is 0.110. The van der Waals surface area contributed by atoms with Gasteiger partial charge < -0.3 is 9.11 Å². The molecule has 0 bridgehead atoms. The van der Waals surface area contributed by atoms with Crippen LogP contribution >= 0.6 is 34.9 Å². The van der Waals surface area contributed by atoms with E-state index in [-0.39, 0.29) is 12.8 Å². The normalized spacial score (nSPS) is 12.7. The zero-order valence-corrected chi connectivity index (χ0v) is 14.7. The number of thioether (sulfide) groups is 2. The van der Waals surface area contributed by atoms with Crippen molar-refractivity contribution in [2.75, 3.05) is 23.0 Å². The van der Waals surface area contributed by atoms with Gasteiger partial charge in [-0.1, -0.05) is 34.9 Å². The SMILES string of the molecule is O=S(=O)([O-])CCCSc1nnc(SCCCS(=O)(=O)[O-])s1. The van der Waals surface area contributed by atoms with Crippen molar-refractivity contribution in [3.63, 3.8) is 0 Å². The van der Waals surface area contributed by atoms with Crippen molar-refractivity contribution in [3.8, 4) is 0 Å². The summed E-state index contributed by atoms with van der Waals surface area (Å²) in [6, 6.07) is 0. The smallest absolute Gasteiger partial charge is 0.175 e. The topological polar surface area (TPSA) is 140 Å². The Morgan fingerprint density at radius 3 is 1.57 bits per heavy atom. The van der Waals surface area contributed by atoms with Crippen molar-refractivity contribution in [1.82, 2.24) is 10.2 Å². The minimum Gasteiger partial charge on any atom is -0.748 e. The molecule has 13 heteroatoms. The van der Waals surface area contributed by atoms with E-state index < -0.39 is 31.7 Å². The van der Waals surface area contributed by atoms with Crippen LogP contribution in [-0.2, 0) is 20.2 Å². The molecule has 122 valence electrons. The average Bonchev–Trinajstić information content (AvgIpc) is 2.76. The predicted octanol–water partition coefficient (Wildman–Crippen LogP) is 0.593. The number of nitrogens with zero attached hydrogens (tertiary/aromatic N) is 2. The van der Waals surface area contributed by atoms with E-state index in [1.54, 1.807) is 0 Å². The lowest BCUT2D eigenvalue weighted by Crippen LogP contribution is -2.04. The highest BCUT2D eigenvalue weighted by molar-refractivity contribution is 8.03. The number of hydrogen-bond donors (Lipinski definition) is 0. The molecule has 0 N–H and O–H groups in total. The van der Waals surface area contributed by atoms with Gasteiger partial charge in [0.2, 0.25) is 0 Å². The third-order valence-electron chi connectivity index (χ3n) is 1.92. The van der Waals surface area contributed by atoms with Crippen molar-refractivity contribution in [2.24, 2.45) is 0 Å². The van der Waals surface area contributed by atoms with E-state index >= 15 is 0 Å². The Morgan fingerprint density at radius 1 is 0.857 bits per heavy atom. The molecule has 0 aliphatic carbocycles. The van der Waals surface area contributed by atoms with Crippen LogP contribution in [0.2, 0.25) is 0 Å². The Bertz CT molecular complexity index is 585. The first-order valence-corrected chi connectivity index (χ1v) is 11.6. The van der Waals surface area contributed by atoms with E-state index in [2.05, 4.69) is 10.2 Å². The van der Waals surface area contributed by atoms with Crippen molar-refractivity contribution in [1.29, 1.82) is 0 Å². The molecule has 1 heterocycles. The summed E-state index contributed by atoms with van der Waals surface area (Å²) in [5, 5.41) is 7.76. The summed E-state index contributed by atoms with van der Waals surface area (Å²) in [4.78, 5) is 0. The number of hydrogen-bond acceptors (Lipinski definition) is 11. The highest BCUT2D eigenvalue weighted by Crippen LogP contribution is 2.29. The van der Waals surface area contributed by atoms with E-state index in [1.807, 2.05) is 0 Å². The van der Waals surface area contributed by atoms with Crippen LogP contribution in [0.25, 0.3) is 0 Å². The Labute approximate surface area is 135 Å². The van der Waals surface area contributed by atoms with Crippen LogP contribution in [0.3, 0.4) is 0 Å². The van der Waals surface area contributed by atoms with Crippen molar-refractivity contribution in [3.05, 3.63) is 0 Å². The van der Waals surface area contributed by atoms with E-state index in [9.17, 15) is 25.9 Å². The van der Waals surface area contributed by atoms with Crippen LogP contribution < -0.4 is 0 Å². The molecule has 0 aliphatic rings. The Hall–Kier alpha value is 0.0800. The first-order valence-electron chi connectivity index (χ1n) is 5.62. The van der Waals surface area contributed by atoms with Crippen LogP contribution in [0.15, 0.2) is 8.68 Å². The maximum atomic E-state index is 10.4. The molecule has 0 unspecified atom stereocenters. The number of rotatable bonds is 10. The Balaban J connectivity index is 2.24. The molecule has 0 amide bonds. The number of aromatic nitrogens is 2. The maximum Gasteiger partial charge on any atom is 0.175 e. The van der Waals surface area contributed by atoms with Gasteiger partial charge in [-0.3, -0.25) is 0 Å². The van der Waals surface area contributed by atoms with E-state index in [1.165, 1.54) is 34.9 Å². The molecular formula is C8H12N2O6S5-2. The van der Waals surface area contributed by atoms with Crippen LogP contribution in [0.5, 0.6) is 0 Å². The van der Waals surface area contributed by atoms with E-state index in [0.29, 0.717) is 20.2 Å². The highest BCUT2D eigenvalue weighted by Gasteiger charge is 2.06. The first-order chi connectivity index (χ1) is 9.66. The lowest BCUT2D eigenvalue weighted by Gasteiger charge is -2.04. The molecule has 21 heavy (non-hydrogen) atoms. The van der Waals surface area contributed by atoms with Gasteiger partial charge in [-0.05, 0) is 12.8 Å². The van der Waals surface area contributed by atoms with Crippen molar-refractivity contribution >= 4 is 55.1 Å². The second-order valence-corrected chi connectivity index (χ2v) is 10.5. The molecule has 0 aliphatic heterocycles. The van der Waals surface area contributed by atoms with Crippen molar-refractivity contribution < 1.29 is 25.9 Å². The molecular weight excluding hydrogens is 380 g/mol. The molecule has 0 saturated carbocycles. The molecule has 0 radical (unpaired) electrons. The van der Waals surface area contributed by atoms with Gasteiger partial charge in [-0.15, -0.1) is 10.2 Å². The van der Waals surface area contributed by atoms with Gasteiger partial charge in [0.1, 0.15) is 0 Å². The van der Waals surface area contributed by atoms with Gasteiger partial charge in [0.05, 0.1) is 20.2 Å². The van der Waals surface area contributed by atoms with Crippen molar-refractivity contribution in [2.45, 2.75) is 21.5 Å². The van der Waals surface area contributed by atoms with E-state index in [0.717, 1.165) is 0 Å². The molecule has 0 atom stereocenters. The summed E-state index contributed by atoms with van der Waals surface area (Å²) >= 11 is 3.91. The monoisotopic (exact) mass is 392 g/mol. The lowest BCUT2D eigenvalue weighted by atomic mass is 10.6. The Kier molecular flexibility index (Phi) is 7.87. The fourth-order valence-electron chi connectivity index (χ4n) is 1.10. The predicted molar refractivity (Wildman–Crippen MR) is 79.7 cm³/mol. The Morgan fingerprint density at radius 2 is 1.24 bits per heavy atom. The van der Waals surface area contributed by atoms with Crippen LogP contribution in [0.1, 0.15) is 12.8 Å². The van der Waals surface area contributed by atoms with Gasteiger partial charge >= 0.3 is 0 Å². The van der Waals surface area contributed by atoms with Crippen LogP contribution in [0, 0.1) is 0 Å². The third kappa shape index (κ3) is 10.4. The van der Waals surface area contributed by atoms with Gasteiger partial charge in [0, 0.05) is 23.0 Å². The quantitative estimate of drug-likeness (QED) is 0.315. The fourth-order valence-corrected chi connectivity index (χ4v) is 5.51. The minimum absolute atomic E-state index is 0.250. The zero-order valence-electron chi connectivity index (χ0n) is 10.6. The summed E-state index contributed by atoms with van der Waals surface area (Å²) in [7, 11) is -8.35. The van der Waals surface area contributed by atoms with E-state index in [4.69, 9.17) is 0 Å². The maximum absolute atomic E-state index is 10.4. The zero-order chi connectivity index (χ0) is 15.9. The fraction of sp³-hybridized carbons (Fsp3) is 0.750. The third-order valence-corrected chi connectivity index (χ3v) is 6.86. The first kappa shape index (κ1) is 19.1. The largest absolute Gasteiger partial charge is 0.748 e. The average molecular weight is 393 g/mol. The second kappa shape index (κ2) is 8.64. The second-order valence-electron chi connectivity index (χ2n) is 3.76. The molecule has 8 nitrogen and oxygen atoms in total. The van der Waals surface area contributed by atoms with Gasteiger partial charge in [-0.25, -0.2) is 16.8 Å². The summed E-state index contributed by atoms with van der Waals surface area (Å²) < 4.78 is 63.7. The molecule has 1 aromatic heterocycles. The molecule has 0 spiro atoms. The summed E-state index contributed by atoms with van der Waals surface area (Å²) in [6.45, 7) is 0. The molecule has 1 aromatic rings. The standard InChI is InChI=1S/C8H14N2O6S5/c11-20(12,13)5-1-3-17-7-9-10-8(19-7)18-4-2-6-21(14,15)16/h1-6H2,(H,11,12,13)(H,14,15,16)/p-2. The summed E-state index contributed by atoms with van der Waals surface area (Å²) in [5.41, 5.74) is 0. The van der Waals surface area contributed by atoms with Gasteiger partial charge in [-0.2, -0.15) is 0 Å². The summed E-state index contributed by atoms with van der Waals surface area (Å²) in [6.07, 6.45) is 0.500. The lowest BCUT2D eigenvalue weighted by molar-refractivity contribution is 0.460. The molecule has 1 rings (SSSR count).